The van der Waals surface area contributed by atoms with Gasteiger partial charge in [-0.3, -0.25) is 11.3 Å². The summed E-state index contributed by atoms with van der Waals surface area (Å²) in [5.74, 6) is 9.70. The summed E-state index contributed by atoms with van der Waals surface area (Å²) in [5.41, 5.74) is 4.21. The zero-order valence-corrected chi connectivity index (χ0v) is 11.0. The highest BCUT2D eigenvalue weighted by atomic mass is 32.2. The molecule has 0 bridgehead atoms. The summed E-state index contributed by atoms with van der Waals surface area (Å²) < 4.78 is 5.44. The van der Waals surface area contributed by atoms with E-state index in [0.29, 0.717) is 12.5 Å². The fourth-order valence-electron chi connectivity index (χ4n) is 2.26. The Morgan fingerprint density at radius 1 is 1.47 bits per heavy atom. The minimum atomic E-state index is 0.265. The zero-order chi connectivity index (χ0) is 12.1. The lowest BCUT2D eigenvalue weighted by atomic mass is 9.93. The molecular weight excluding hydrogens is 232 g/mol. The molecule has 4 heteroatoms. The minimum Gasteiger partial charge on any atom is -0.494 e. The van der Waals surface area contributed by atoms with Gasteiger partial charge in [-0.2, -0.15) is 11.8 Å². The van der Waals surface area contributed by atoms with Gasteiger partial charge in [0, 0.05) is 6.04 Å². The molecule has 0 spiro atoms. The van der Waals surface area contributed by atoms with Gasteiger partial charge in [0.15, 0.2) is 0 Å². The fraction of sp³-hybridized carbons (Fsp3) is 0.538. The minimum absolute atomic E-state index is 0.265. The van der Waals surface area contributed by atoms with Gasteiger partial charge in [-0.05, 0) is 48.5 Å². The van der Waals surface area contributed by atoms with Crippen LogP contribution in [0.3, 0.4) is 0 Å². The second-order valence-electron chi connectivity index (χ2n) is 4.27. The van der Waals surface area contributed by atoms with Crippen LogP contribution in [0.5, 0.6) is 5.75 Å². The predicted molar refractivity (Wildman–Crippen MR) is 73.1 cm³/mol. The third-order valence-electron chi connectivity index (χ3n) is 3.17. The van der Waals surface area contributed by atoms with Gasteiger partial charge in [-0.1, -0.05) is 12.1 Å². The Hall–Kier alpha value is -0.710. The molecule has 1 aromatic rings. The average Bonchev–Trinajstić information content (AvgIpc) is 2.86. The summed E-state index contributed by atoms with van der Waals surface area (Å²) in [6.07, 6.45) is 1.24. The number of rotatable bonds is 5. The summed E-state index contributed by atoms with van der Waals surface area (Å²) in [6, 6.07) is 8.52. The van der Waals surface area contributed by atoms with Crippen LogP contribution in [0, 0.1) is 5.92 Å². The number of ether oxygens (including phenoxy) is 1. The molecule has 2 atom stereocenters. The zero-order valence-electron chi connectivity index (χ0n) is 10.2. The first-order chi connectivity index (χ1) is 8.35. The molecule has 94 valence electrons. The van der Waals surface area contributed by atoms with E-state index in [1.807, 2.05) is 30.8 Å². The van der Waals surface area contributed by atoms with Crippen molar-refractivity contribution in [2.75, 3.05) is 18.1 Å². The smallest absolute Gasteiger partial charge is 0.119 e. The standard InChI is InChI=1S/C13H20N2OS/c1-2-16-12-5-3-10(4-6-12)13(15-14)11-7-8-17-9-11/h3-6,11,13,15H,2,7-9,14H2,1H3. The van der Waals surface area contributed by atoms with Crippen molar-refractivity contribution in [1.29, 1.82) is 0 Å². The summed E-state index contributed by atoms with van der Waals surface area (Å²) >= 11 is 2.01. The molecule has 1 saturated heterocycles. The van der Waals surface area contributed by atoms with Gasteiger partial charge >= 0.3 is 0 Å². The topological polar surface area (TPSA) is 47.3 Å². The fourth-order valence-corrected chi connectivity index (χ4v) is 3.56. The molecule has 0 radical (unpaired) electrons. The van der Waals surface area contributed by atoms with Gasteiger partial charge in [0.2, 0.25) is 0 Å². The molecule has 0 aliphatic carbocycles. The third-order valence-corrected chi connectivity index (χ3v) is 4.35. The summed E-state index contributed by atoms with van der Waals surface area (Å²) in [7, 11) is 0. The molecular formula is C13H20N2OS. The molecule has 0 amide bonds. The molecule has 1 aliphatic heterocycles. The lowest BCUT2D eigenvalue weighted by molar-refractivity contribution is 0.339. The molecule has 2 unspecified atom stereocenters. The largest absolute Gasteiger partial charge is 0.494 e. The van der Waals surface area contributed by atoms with Gasteiger partial charge in [0.1, 0.15) is 5.75 Å². The summed E-state index contributed by atoms with van der Waals surface area (Å²) in [6.45, 7) is 2.70. The van der Waals surface area contributed by atoms with E-state index in [2.05, 4.69) is 17.6 Å². The van der Waals surface area contributed by atoms with E-state index in [1.165, 1.54) is 23.5 Å². The van der Waals surface area contributed by atoms with Crippen molar-refractivity contribution in [3.05, 3.63) is 29.8 Å². The van der Waals surface area contributed by atoms with Crippen LogP contribution in [0.15, 0.2) is 24.3 Å². The molecule has 3 N–H and O–H groups in total. The molecule has 1 fully saturated rings. The second kappa shape index (κ2) is 6.28. The molecule has 2 rings (SSSR count). The quantitative estimate of drug-likeness (QED) is 0.624. The molecule has 1 aliphatic rings. The van der Waals surface area contributed by atoms with Crippen molar-refractivity contribution < 1.29 is 4.74 Å². The Kier molecular flexibility index (Phi) is 4.71. The number of thioether (sulfide) groups is 1. The highest BCUT2D eigenvalue weighted by molar-refractivity contribution is 7.99. The Labute approximate surface area is 107 Å². The monoisotopic (exact) mass is 252 g/mol. The van der Waals surface area contributed by atoms with Gasteiger partial charge in [-0.25, -0.2) is 0 Å². The predicted octanol–water partition coefficient (Wildman–Crippen LogP) is 2.34. The summed E-state index contributed by atoms with van der Waals surface area (Å²) in [4.78, 5) is 0. The van der Waals surface area contributed by atoms with Gasteiger partial charge < -0.3 is 4.74 Å². The van der Waals surface area contributed by atoms with Gasteiger partial charge in [0.05, 0.1) is 6.61 Å². The third kappa shape index (κ3) is 3.15. The van der Waals surface area contributed by atoms with Crippen LogP contribution in [-0.4, -0.2) is 18.1 Å². The maximum absolute atomic E-state index is 5.69. The number of hydrogen-bond acceptors (Lipinski definition) is 4. The van der Waals surface area contributed by atoms with Crippen molar-refractivity contribution in [3.63, 3.8) is 0 Å². The number of nitrogens with one attached hydrogen (secondary N) is 1. The van der Waals surface area contributed by atoms with Crippen molar-refractivity contribution in [2.24, 2.45) is 11.8 Å². The van der Waals surface area contributed by atoms with E-state index in [0.717, 1.165) is 5.75 Å². The number of benzene rings is 1. The van der Waals surface area contributed by atoms with Crippen LogP contribution >= 0.6 is 11.8 Å². The highest BCUT2D eigenvalue weighted by Gasteiger charge is 2.25. The maximum atomic E-state index is 5.69. The van der Waals surface area contributed by atoms with E-state index >= 15 is 0 Å². The van der Waals surface area contributed by atoms with Crippen LogP contribution in [0.4, 0.5) is 0 Å². The van der Waals surface area contributed by atoms with E-state index in [4.69, 9.17) is 10.6 Å². The lowest BCUT2D eigenvalue weighted by Gasteiger charge is -2.22. The van der Waals surface area contributed by atoms with Crippen molar-refractivity contribution in [2.45, 2.75) is 19.4 Å². The van der Waals surface area contributed by atoms with Crippen molar-refractivity contribution >= 4 is 11.8 Å². The Morgan fingerprint density at radius 2 is 2.24 bits per heavy atom. The first-order valence-corrected chi connectivity index (χ1v) is 7.27. The van der Waals surface area contributed by atoms with Crippen LogP contribution in [0.25, 0.3) is 0 Å². The number of hydrazine groups is 1. The van der Waals surface area contributed by atoms with E-state index in [1.54, 1.807) is 0 Å². The van der Waals surface area contributed by atoms with Crippen LogP contribution in [0.1, 0.15) is 24.9 Å². The molecule has 1 aromatic carbocycles. The first-order valence-electron chi connectivity index (χ1n) is 6.11. The molecule has 3 nitrogen and oxygen atoms in total. The SMILES string of the molecule is CCOc1ccc(C(NN)C2CCSC2)cc1. The molecule has 1 heterocycles. The molecule has 17 heavy (non-hydrogen) atoms. The van der Waals surface area contributed by atoms with Gasteiger partial charge in [0.25, 0.3) is 0 Å². The van der Waals surface area contributed by atoms with Crippen LogP contribution in [0.2, 0.25) is 0 Å². The normalized spacial score (nSPS) is 21.4. The Bertz CT molecular complexity index is 336. The van der Waals surface area contributed by atoms with Crippen LogP contribution in [-0.2, 0) is 0 Å². The van der Waals surface area contributed by atoms with E-state index in [9.17, 15) is 0 Å². The molecule has 0 aromatic heterocycles. The van der Waals surface area contributed by atoms with Crippen molar-refractivity contribution in [3.8, 4) is 5.75 Å². The van der Waals surface area contributed by atoms with Crippen molar-refractivity contribution in [1.82, 2.24) is 5.43 Å². The first kappa shape index (κ1) is 12.7. The second-order valence-corrected chi connectivity index (χ2v) is 5.42. The highest BCUT2D eigenvalue weighted by Crippen LogP contribution is 2.34. The maximum Gasteiger partial charge on any atom is 0.119 e. The average molecular weight is 252 g/mol. The van der Waals surface area contributed by atoms with Gasteiger partial charge in [-0.15, -0.1) is 0 Å². The van der Waals surface area contributed by atoms with Crippen LogP contribution < -0.4 is 16.0 Å². The Balaban J connectivity index is 2.07. The van der Waals surface area contributed by atoms with E-state index < -0.39 is 0 Å². The summed E-state index contributed by atoms with van der Waals surface area (Å²) in [5, 5.41) is 0. The Morgan fingerprint density at radius 3 is 2.76 bits per heavy atom. The van der Waals surface area contributed by atoms with E-state index in [-0.39, 0.29) is 6.04 Å². The number of hydrogen-bond donors (Lipinski definition) is 2. The number of nitrogens with two attached hydrogens (primary N) is 1. The lowest BCUT2D eigenvalue weighted by Crippen LogP contribution is -2.33. The molecule has 0 saturated carbocycles.